The van der Waals surface area contributed by atoms with Crippen molar-refractivity contribution in [1.82, 2.24) is 4.90 Å². The van der Waals surface area contributed by atoms with Gasteiger partial charge in [-0.1, -0.05) is 28.1 Å². The summed E-state index contributed by atoms with van der Waals surface area (Å²) >= 11 is 3.36. The third-order valence-corrected chi connectivity index (χ3v) is 3.11. The summed E-state index contributed by atoms with van der Waals surface area (Å²) in [5.74, 6) is 0. The van der Waals surface area contributed by atoms with E-state index in [0.717, 1.165) is 10.0 Å². The lowest BCUT2D eigenvalue weighted by atomic mass is 10.1. The van der Waals surface area contributed by atoms with Gasteiger partial charge >= 0.3 is 6.09 Å². The molecule has 0 unspecified atom stereocenters. The minimum atomic E-state index is -0.884. The minimum Gasteiger partial charge on any atom is -0.465 e. The van der Waals surface area contributed by atoms with E-state index in [2.05, 4.69) is 15.9 Å². The van der Waals surface area contributed by atoms with Gasteiger partial charge in [0.25, 0.3) is 0 Å². The molecule has 16 heavy (non-hydrogen) atoms. The van der Waals surface area contributed by atoms with Crippen LogP contribution in [0.1, 0.15) is 11.7 Å². The summed E-state index contributed by atoms with van der Waals surface area (Å²) < 4.78 is 6.57. The predicted octanol–water partition coefficient (Wildman–Crippen LogP) is 2.50. The van der Waals surface area contributed by atoms with E-state index in [9.17, 15) is 4.79 Å². The Morgan fingerprint density at radius 1 is 1.44 bits per heavy atom. The SMILES string of the molecule is O=C(O)N1CCO[C@@H](c2ccc(Br)cc2)C1. The average molecular weight is 286 g/mol. The Kier molecular flexibility index (Phi) is 3.46. The van der Waals surface area contributed by atoms with Crippen molar-refractivity contribution < 1.29 is 14.6 Å². The maximum Gasteiger partial charge on any atom is 0.407 e. The summed E-state index contributed by atoms with van der Waals surface area (Å²) in [4.78, 5) is 12.2. The highest BCUT2D eigenvalue weighted by molar-refractivity contribution is 9.10. The van der Waals surface area contributed by atoms with E-state index in [1.165, 1.54) is 4.90 Å². The Hall–Kier alpha value is -1.07. The number of benzene rings is 1. The summed E-state index contributed by atoms with van der Waals surface area (Å²) in [6.07, 6.45) is -1.04. The molecule has 0 aliphatic carbocycles. The van der Waals surface area contributed by atoms with Crippen molar-refractivity contribution in [3.63, 3.8) is 0 Å². The predicted molar refractivity (Wildman–Crippen MR) is 62.4 cm³/mol. The van der Waals surface area contributed by atoms with E-state index >= 15 is 0 Å². The van der Waals surface area contributed by atoms with Gasteiger partial charge in [-0.3, -0.25) is 0 Å². The van der Waals surface area contributed by atoms with Gasteiger partial charge in [0.2, 0.25) is 0 Å². The van der Waals surface area contributed by atoms with Crippen LogP contribution in [0.5, 0.6) is 0 Å². The van der Waals surface area contributed by atoms with Crippen LogP contribution in [0.4, 0.5) is 4.79 Å². The number of ether oxygens (including phenoxy) is 1. The minimum absolute atomic E-state index is 0.155. The number of nitrogens with zero attached hydrogens (tertiary/aromatic N) is 1. The fraction of sp³-hybridized carbons (Fsp3) is 0.364. The van der Waals surface area contributed by atoms with Crippen molar-refractivity contribution in [3.05, 3.63) is 34.3 Å². The molecular formula is C11H12BrNO3. The van der Waals surface area contributed by atoms with Crippen LogP contribution in [-0.2, 0) is 4.74 Å². The molecule has 1 aromatic carbocycles. The topological polar surface area (TPSA) is 49.8 Å². The lowest BCUT2D eigenvalue weighted by Crippen LogP contribution is -2.41. The van der Waals surface area contributed by atoms with Crippen molar-refractivity contribution >= 4 is 22.0 Å². The van der Waals surface area contributed by atoms with E-state index in [4.69, 9.17) is 9.84 Å². The van der Waals surface area contributed by atoms with Crippen molar-refractivity contribution in [2.24, 2.45) is 0 Å². The number of amides is 1. The molecule has 1 aliphatic heterocycles. The molecule has 1 heterocycles. The molecule has 86 valence electrons. The van der Waals surface area contributed by atoms with Crippen LogP contribution >= 0.6 is 15.9 Å². The first-order chi connectivity index (χ1) is 7.66. The lowest BCUT2D eigenvalue weighted by molar-refractivity contribution is -0.0232. The van der Waals surface area contributed by atoms with Gasteiger partial charge in [-0.05, 0) is 17.7 Å². The molecular weight excluding hydrogens is 274 g/mol. The fourth-order valence-electron chi connectivity index (χ4n) is 1.70. The number of hydrogen-bond acceptors (Lipinski definition) is 2. The lowest BCUT2D eigenvalue weighted by Gasteiger charge is -2.31. The number of hydrogen-bond donors (Lipinski definition) is 1. The Bertz CT molecular complexity index is 379. The zero-order valence-electron chi connectivity index (χ0n) is 8.60. The molecule has 1 amide bonds. The Balaban J connectivity index is 2.09. The maximum atomic E-state index is 10.8. The van der Waals surface area contributed by atoms with E-state index in [0.29, 0.717) is 19.7 Å². The quantitative estimate of drug-likeness (QED) is 0.863. The van der Waals surface area contributed by atoms with E-state index in [1.807, 2.05) is 24.3 Å². The third-order valence-electron chi connectivity index (χ3n) is 2.58. The van der Waals surface area contributed by atoms with Gasteiger partial charge in [0.15, 0.2) is 0 Å². The second-order valence-corrected chi connectivity index (χ2v) is 4.56. The molecule has 1 saturated heterocycles. The monoisotopic (exact) mass is 285 g/mol. The molecule has 1 N–H and O–H groups in total. The Morgan fingerprint density at radius 3 is 2.75 bits per heavy atom. The van der Waals surface area contributed by atoms with Crippen LogP contribution in [0.15, 0.2) is 28.7 Å². The van der Waals surface area contributed by atoms with Gasteiger partial charge in [0.1, 0.15) is 6.10 Å². The number of rotatable bonds is 1. The highest BCUT2D eigenvalue weighted by atomic mass is 79.9. The summed E-state index contributed by atoms with van der Waals surface area (Å²) in [6.45, 7) is 1.30. The Labute approximate surface area is 102 Å². The molecule has 0 spiro atoms. The average Bonchev–Trinajstić information content (AvgIpc) is 2.30. The second-order valence-electron chi connectivity index (χ2n) is 3.64. The maximum absolute atomic E-state index is 10.8. The largest absolute Gasteiger partial charge is 0.465 e. The number of halogens is 1. The normalized spacial score (nSPS) is 20.8. The Morgan fingerprint density at radius 2 is 2.12 bits per heavy atom. The van der Waals surface area contributed by atoms with Gasteiger partial charge in [0.05, 0.1) is 13.2 Å². The first-order valence-corrected chi connectivity index (χ1v) is 5.81. The summed E-state index contributed by atoms with van der Waals surface area (Å²) in [5.41, 5.74) is 1.01. The third kappa shape index (κ3) is 2.54. The van der Waals surface area contributed by atoms with Crippen LogP contribution in [0, 0.1) is 0 Å². The van der Waals surface area contributed by atoms with E-state index in [-0.39, 0.29) is 6.10 Å². The molecule has 0 radical (unpaired) electrons. The second kappa shape index (κ2) is 4.84. The summed E-state index contributed by atoms with van der Waals surface area (Å²) in [7, 11) is 0. The smallest absolute Gasteiger partial charge is 0.407 e. The standard InChI is InChI=1S/C11H12BrNO3/c12-9-3-1-8(2-4-9)10-7-13(11(14)15)5-6-16-10/h1-4,10H,5-7H2,(H,14,15)/t10-/m1/s1. The first-order valence-electron chi connectivity index (χ1n) is 5.02. The van der Waals surface area contributed by atoms with Crippen LogP contribution in [-0.4, -0.2) is 35.8 Å². The molecule has 1 aliphatic rings. The van der Waals surface area contributed by atoms with Crippen molar-refractivity contribution in [2.45, 2.75) is 6.10 Å². The van der Waals surface area contributed by atoms with Crippen molar-refractivity contribution in [1.29, 1.82) is 0 Å². The van der Waals surface area contributed by atoms with Crippen molar-refractivity contribution in [3.8, 4) is 0 Å². The number of carboxylic acid groups (broad SMARTS) is 1. The number of morpholine rings is 1. The highest BCUT2D eigenvalue weighted by Gasteiger charge is 2.24. The summed E-state index contributed by atoms with van der Waals surface area (Å²) in [5, 5.41) is 8.91. The number of carbonyl (C=O) groups is 1. The van der Waals surface area contributed by atoms with E-state index < -0.39 is 6.09 Å². The van der Waals surface area contributed by atoms with Gasteiger partial charge in [-0.2, -0.15) is 0 Å². The molecule has 4 nitrogen and oxygen atoms in total. The fourth-order valence-corrected chi connectivity index (χ4v) is 1.97. The molecule has 0 aromatic heterocycles. The summed E-state index contributed by atoms with van der Waals surface area (Å²) in [6, 6.07) is 7.75. The van der Waals surface area contributed by atoms with Gasteiger partial charge in [-0.25, -0.2) is 4.79 Å². The van der Waals surface area contributed by atoms with Crippen molar-refractivity contribution in [2.75, 3.05) is 19.7 Å². The van der Waals surface area contributed by atoms with E-state index in [1.54, 1.807) is 0 Å². The molecule has 1 aromatic rings. The van der Waals surface area contributed by atoms with Crippen LogP contribution in [0.2, 0.25) is 0 Å². The molecule has 5 heteroatoms. The molecule has 1 fully saturated rings. The van der Waals surface area contributed by atoms with Gasteiger partial charge in [0, 0.05) is 11.0 Å². The molecule has 2 rings (SSSR count). The molecule has 1 atom stereocenters. The van der Waals surface area contributed by atoms with Crippen LogP contribution < -0.4 is 0 Å². The molecule has 0 saturated carbocycles. The van der Waals surface area contributed by atoms with Crippen LogP contribution in [0.25, 0.3) is 0 Å². The molecule has 0 bridgehead atoms. The van der Waals surface area contributed by atoms with Gasteiger partial charge < -0.3 is 14.7 Å². The highest BCUT2D eigenvalue weighted by Crippen LogP contribution is 2.23. The first kappa shape index (κ1) is 11.4. The van der Waals surface area contributed by atoms with Gasteiger partial charge in [-0.15, -0.1) is 0 Å². The zero-order chi connectivity index (χ0) is 11.5. The van der Waals surface area contributed by atoms with Crippen LogP contribution in [0.3, 0.4) is 0 Å². The zero-order valence-corrected chi connectivity index (χ0v) is 10.2.